The molecule has 0 bridgehead atoms. The molecular formula is C15H25ClN2O2. The molecular weight excluding hydrogens is 276 g/mol. The molecule has 0 radical (unpaired) electrons. The number of nitrogens with two attached hydrogens (primary N) is 1. The zero-order valence-electron chi connectivity index (χ0n) is 12.4. The molecule has 0 spiro atoms. The Labute approximate surface area is 127 Å². The lowest BCUT2D eigenvalue weighted by atomic mass is 9.96. The number of nitrogens with one attached hydrogen (secondary N) is 1. The highest BCUT2D eigenvalue weighted by Gasteiger charge is 2.27. The average molecular weight is 301 g/mol. The smallest absolute Gasteiger partial charge is 0.239 e. The number of para-hydroxylation sites is 1. The van der Waals surface area contributed by atoms with Gasteiger partial charge in [0, 0.05) is 0 Å². The molecule has 2 unspecified atom stereocenters. The van der Waals surface area contributed by atoms with Crippen LogP contribution in [0.15, 0.2) is 30.3 Å². The lowest BCUT2D eigenvalue weighted by Gasteiger charge is -2.24. The van der Waals surface area contributed by atoms with Crippen molar-refractivity contribution in [2.75, 3.05) is 6.54 Å². The van der Waals surface area contributed by atoms with Crippen LogP contribution < -0.4 is 15.8 Å². The van der Waals surface area contributed by atoms with E-state index in [4.69, 9.17) is 10.5 Å². The predicted molar refractivity (Wildman–Crippen MR) is 84.3 cm³/mol. The summed E-state index contributed by atoms with van der Waals surface area (Å²) in [6.07, 6.45) is 1.47. The van der Waals surface area contributed by atoms with E-state index in [0.29, 0.717) is 13.0 Å². The van der Waals surface area contributed by atoms with E-state index in [0.717, 1.165) is 12.2 Å². The van der Waals surface area contributed by atoms with Gasteiger partial charge in [0.05, 0.1) is 12.1 Å². The topological polar surface area (TPSA) is 64.4 Å². The van der Waals surface area contributed by atoms with E-state index in [1.165, 1.54) is 0 Å². The Morgan fingerprint density at radius 1 is 1.40 bits per heavy atom. The standard InChI is InChI=1S/C15H24N2O2.ClH/c1-4-10-15(3,16)14(18)17-11-12(2)19-13-8-6-5-7-9-13;/h5-9,12H,4,10-11,16H2,1-3H3,(H,17,18);1H. The molecule has 0 heterocycles. The monoisotopic (exact) mass is 300 g/mol. The Morgan fingerprint density at radius 3 is 2.55 bits per heavy atom. The van der Waals surface area contributed by atoms with Crippen LogP contribution in [0.3, 0.4) is 0 Å². The highest BCUT2D eigenvalue weighted by atomic mass is 35.5. The molecule has 5 heteroatoms. The maximum atomic E-state index is 11.9. The van der Waals surface area contributed by atoms with Crippen molar-refractivity contribution in [2.45, 2.75) is 45.3 Å². The van der Waals surface area contributed by atoms with Gasteiger partial charge in [-0.3, -0.25) is 4.79 Å². The molecule has 2 atom stereocenters. The SMILES string of the molecule is CCCC(C)(N)C(=O)NCC(C)Oc1ccccc1.Cl. The molecule has 1 aromatic carbocycles. The summed E-state index contributed by atoms with van der Waals surface area (Å²) in [5.41, 5.74) is 5.15. The van der Waals surface area contributed by atoms with Gasteiger partial charge in [-0.1, -0.05) is 31.5 Å². The van der Waals surface area contributed by atoms with Crippen molar-refractivity contribution in [3.63, 3.8) is 0 Å². The van der Waals surface area contributed by atoms with Gasteiger partial charge in [-0.05, 0) is 32.4 Å². The minimum Gasteiger partial charge on any atom is -0.489 e. The van der Waals surface area contributed by atoms with Crippen molar-refractivity contribution in [1.82, 2.24) is 5.32 Å². The highest BCUT2D eigenvalue weighted by molar-refractivity contribution is 5.85. The third-order valence-electron chi connectivity index (χ3n) is 2.92. The Bertz CT molecular complexity index is 396. The molecule has 0 fully saturated rings. The molecule has 114 valence electrons. The lowest BCUT2D eigenvalue weighted by molar-refractivity contribution is -0.126. The Kier molecular flexibility index (Phi) is 8.26. The zero-order valence-corrected chi connectivity index (χ0v) is 13.2. The fraction of sp³-hybridized carbons (Fsp3) is 0.533. The largest absolute Gasteiger partial charge is 0.489 e. The molecule has 3 N–H and O–H groups in total. The molecule has 1 aromatic rings. The van der Waals surface area contributed by atoms with Crippen LogP contribution in [-0.2, 0) is 4.79 Å². The van der Waals surface area contributed by atoms with E-state index in [2.05, 4.69) is 5.32 Å². The van der Waals surface area contributed by atoms with E-state index in [1.807, 2.05) is 44.2 Å². The van der Waals surface area contributed by atoms with Gasteiger partial charge in [-0.15, -0.1) is 12.4 Å². The first-order valence-corrected chi connectivity index (χ1v) is 6.74. The zero-order chi connectivity index (χ0) is 14.3. The van der Waals surface area contributed by atoms with Crippen LogP contribution in [-0.4, -0.2) is 24.1 Å². The van der Waals surface area contributed by atoms with Crippen LogP contribution in [0.2, 0.25) is 0 Å². The van der Waals surface area contributed by atoms with Crippen LogP contribution >= 0.6 is 12.4 Å². The third-order valence-corrected chi connectivity index (χ3v) is 2.92. The number of carbonyl (C=O) groups excluding carboxylic acids is 1. The summed E-state index contributed by atoms with van der Waals surface area (Å²) in [6, 6.07) is 9.55. The highest BCUT2D eigenvalue weighted by Crippen LogP contribution is 2.11. The summed E-state index contributed by atoms with van der Waals surface area (Å²) < 4.78 is 5.68. The van der Waals surface area contributed by atoms with Gasteiger partial charge in [0.15, 0.2) is 0 Å². The lowest BCUT2D eigenvalue weighted by Crippen LogP contribution is -2.53. The Balaban J connectivity index is 0.00000361. The molecule has 0 aliphatic carbocycles. The number of benzene rings is 1. The number of amides is 1. The van der Waals surface area contributed by atoms with Gasteiger partial charge in [-0.25, -0.2) is 0 Å². The fourth-order valence-electron chi connectivity index (χ4n) is 1.84. The minimum absolute atomic E-state index is 0. The molecule has 0 aromatic heterocycles. The molecule has 0 aliphatic heterocycles. The summed E-state index contributed by atoms with van der Waals surface area (Å²) in [4.78, 5) is 11.9. The summed E-state index contributed by atoms with van der Waals surface area (Å²) in [6.45, 7) is 6.14. The Morgan fingerprint density at radius 2 is 2.00 bits per heavy atom. The number of hydrogen-bond acceptors (Lipinski definition) is 3. The number of halogens is 1. The van der Waals surface area contributed by atoms with Gasteiger partial charge >= 0.3 is 0 Å². The average Bonchev–Trinajstić information content (AvgIpc) is 2.37. The first-order chi connectivity index (χ1) is 8.95. The van der Waals surface area contributed by atoms with Crippen molar-refractivity contribution in [1.29, 1.82) is 0 Å². The second-order valence-corrected chi connectivity index (χ2v) is 5.12. The Hall–Kier alpha value is -1.26. The van der Waals surface area contributed by atoms with Gasteiger partial charge in [0.1, 0.15) is 11.9 Å². The van der Waals surface area contributed by atoms with Crippen molar-refractivity contribution in [3.05, 3.63) is 30.3 Å². The number of rotatable bonds is 7. The molecule has 4 nitrogen and oxygen atoms in total. The second-order valence-electron chi connectivity index (χ2n) is 5.12. The van der Waals surface area contributed by atoms with Crippen LogP contribution in [0.4, 0.5) is 0 Å². The maximum absolute atomic E-state index is 11.9. The molecule has 0 saturated heterocycles. The second kappa shape index (κ2) is 8.82. The van der Waals surface area contributed by atoms with E-state index < -0.39 is 5.54 Å². The summed E-state index contributed by atoms with van der Waals surface area (Å²) >= 11 is 0. The van der Waals surface area contributed by atoms with Gasteiger partial charge in [0.25, 0.3) is 0 Å². The summed E-state index contributed by atoms with van der Waals surface area (Å²) in [5, 5.41) is 2.84. The number of ether oxygens (including phenoxy) is 1. The van der Waals surface area contributed by atoms with Crippen LogP contribution in [0.1, 0.15) is 33.6 Å². The fourth-order valence-corrected chi connectivity index (χ4v) is 1.84. The summed E-state index contributed by atoms with van der Waals surface area (Å²) in [7, 11) is 0. The minimum atomic E-state index is -0.804. The van der Waals surface area contributed by atoms with E-state index in [-0.39, 0.29) is 24.4 Å². The maximum Gasteiger partial charge on any atom is 0.239 e. The first-order valence-electron chi connectivity index (χ1n) is 6.74. The molecule has 0 aliphatic rings. The van der Waals surface area contributed by atoms with Crippen LogP contribution in [0, 0.1) is 0 Å². The number of carbonyl (C=O) groups is 1. The van der Waals surface area contributed by atoms with E-state index >= 15 is 0 Å². The molecule has 0 saturated carbocycles. The van der Waals surface area contributed by atoms with Gasteiger partial charge in [-0.2, -0.15) is 0 Å². The quantitative estimate of drug-likeness (QED) is 0.813. The van der Waals surface area contributed by atoms with E-state index in [9.17, 15) is 4.79 Å². The van der Waals surface area contributed by atoms with Crippen molar-refractivity contribution >= 4 is 18.3 Å². The van der Waals surface area contributed by atoms with E-state index in [1.54, 1.807) is 6.92 Å². The van der Waals surface area contributed by atoms with Crippen molar-refractivity contribution in [3.8, 4) is 5.75 Å². The van der Waals surface area contributed by atoms with Crippen molar-refractivity contribution < 1.29 is 9.53 Å². The molecule has 1 amide bonds. The number of hydrogen-bond donors (Lipinski definition) is 2. The van der Waals surface area contributed by atoms with Crippen LogP contribution in [0.25, 0.3) is 0 Å². The predicted octanol–water partition coefficient (Wildman–Crippen LogP) is 2.51. The summed E-state index contributed by atoms with van der Waals surface area (Å²) in [5.74, 6) is 0.672. The van der Waals surface area contributed by atoms with Gasteiger partial charge in [0.2, 0.25) is 5.91 Å². The first kappa shape index (κ1) is 18.7. The normalized spacial score (nSPS) is 14.6. The van der Waals surface area contributed by atoms with Gasteiger partial charge < -0.3 is 15.8 Å². The third kappa shape index (κ3) is 6.26. The molecule has 20 heavy (non-hydrogen) atoms. The molecule has 1 rings (SSSR count). The van der Waals surface area contributed by atoms with Crippen LogP contribution in [0.5, 0.6) is 5.75 Å². The van der Waals surface area contributed by atoms with Crippen molar-refractivity contribution in [2.24, 2.45) is 5.73 Å².